The summed E-state index contributed by atoms with van der Waals surface area (Å²) in [5.74, 6) is 0.300. The molecule has 2 aromatic carbocycles. The molecule has 8 heteroatoms. The summed E-state index contributed by atoms with van der Waals surface area (Å²) in [6.45, 7) is 3.04. The number of hydrogen-bond donors (Lipinski definition) is 1. The van der Waals surface area contributed by atoms with E-state index in [0.717, 1.165) is 70.1 Å². The first kappa shape index (κ1) is 28.4. The fourth-order valence-electron chi connectivity index (χ4n) is 5.16. The van der Waals surface area contributed by atoms with E-state index in [4.69, 9.17) is 0 Å². The van der Waals surface area contributed by atoms with Gasteiger partial charge in [0.1, 0.15) is 5.82 Å². The third-order valence-electron chi connectivity index (χ3n) is 7.34. The van der Waals surface area contributed by atoms with Crippen molar-refractivity contribution >= 4 is 34.2 Å². The lowest BCUT2D eigenvalue weighted by Crippen LogP contribution is -2.37. The van der Waals surface area contributed by atoms with Crippen LogP contribution in [-0.4, -0.2) is 51.2 Å². The molecule has 1 saturated carbocycles. The van der Waals surface area contributed by atoms with Crippen molar-refractivity contribution in [1.29, 1.82) is 0 Å². The lowest BCUT2D eigenvalue weighted by atomic mass is 9.84. The smallest absolute Gasteiger partial charge is 0.244 e. The molecule has 1 aliphatic carbocycles. The zero-order valence-electron chi connectivity index (χ0n) is 20.8. The fourth-order valence-corrected chi connectivity index (χ4v) is 5.83. The number of fused-ring (bicyclic) bond motifs is 1. The summed E-state index contributed by atoms with van der Waals surface area (Å²) in [4.78, 5) is 15.2. The Morgan fingerprint density at radius 2 is 1.69 bits per heavy atom. The largest absolute Gasteiger partial charge is 0.350 e. The van der Waals surface area contributed by atoms with Crippen LogP contribution >= 0.6 is 12.4 Å². The van der Waals surface area contributed by atoms with Crippen molar-refractivity contribution in [2.75, 3.05) is 25.9 Å². The summed E-state index contributed by atoms with van der Waals surface area (Å²) >= 11 is 0. The average Bonchev–Trinajstić information content (AvgIpc) is 3.04. The molecule has 0 aromatic heterocycles. The monoisotopic (exact) mass is 534 g/mol. The Morgan fingerprint density at radius 3 is 2.36 bits per heavy atom. The second kappa shape index (κ2) is 12.8. The predicted octanol–water partition coefficient (Wildman–Crippen LogP) is 4.83. The van der Waals surface area contributed by atoms with E-state index in [-0.39, 0.29) is 30.2 Å². The summed E-state index contributed by atoms with van der Waals surface area (Å²) in [5.41, 5.74) is 3.24. The molecular formula is C28H36ClFN2O3S. The highest BCUT2D eigenvalue weighted by Crippen LogP contribution is 2.28. The maximum Gasteiger partial charge on any atom is 0.244 e. The van der Waals surface area contributed by atoms with Gasteiger partial charge >= 0.3 is 0 Å². The molecule has 0 saturated heterocycles. The highest BCUT2D eigenvalue weighted by atomic mass is 35.5. The summed E-state index contributed by atoms with van der Waals surface area (Å²) in [5, 5.41) is 3.11. The topological polar surface area (TPSA) is 66.5 Å². The number of sulfone groups is 1. The fraction of sp³-hybridized carbons (Fsp3) is 0.464. The Morgan fingerprint density at radius 1 is 1.03 bits per heavy atom. The zero-order valence-corrected chi connectivity index (χ0v) is 22.4. The van der Waals surface area contributed by atoms with Crippen LogP contribution in [0.3, 0.4) is 0 Å². The van der Waals surface area contributed by atoms with Gasteiger partial charge < -0.3 is 10.2 Å². The van der Waals surface area contributed by atoms with Gasteiger partial charge in [0.15, 0.2) is 9.84 Å². The molecular weight excluding hydrogens is 499 g/mol. The Balaban J connectivity index is 0.00000361. The molecule has 5 nitrogen and oxygen atoms in total. The van der Waals surface area contributed by atoms with E-state index in [0.29, 0.717) is 10.8 Å². The van der Waals surface area contributed by atoms with Crippen LogP contribution in [0.5, 0.6) is 0 Å². The number of rotatable bonds is 7. The lowest BCUT2D eigenvalue weighted by Gasteiger charge is -2.30. The molecule has 0 bridgehead atoms. The number of amides is 1. The Hall–Kier alpha value is -2.22. The molecule has 0 unspecified atom stereocenters. The molecule has 0 atom stereocenters. The lowest BCUT2D eigenvalue weighted by molar-refractivity contribution is -0.117. The number of carbonyl (C=O) groups is 1. The number of carbonyl (C=O) groups excluding carboxylic acids is 1. The van der Waals surface area contributed by atoms with Gasteiger partial charge in [-0.25, -0.2) is 12.8 Å². The molecule has 196 valence electrons. The van der Waals surface area contributed by atoms with Gasteiger partial charge in [-0.15, -0.1) is 12.4 Å². The highest BCUT2D eigenvalue weighted by Gasteiger charge is 2.23. The van der Waals surface area contributed by atoms with Crippen molar-refractivity contribution in [2.24, 2.45) is 5.92 Å². The SMILES string of the molecule is CS(=O)(=O)c1ccc2c(c1)CCN(CCC1CCC(NC(=O)/C=C/c3ccc(F)cc3)CC1)CC2.Cl. The summed E-state index contributed by atoms with van der Waals surface area (Å²) in [6, 6.07) is 11.9. The van der Waals surface area contributed by atoms with Crippen LogP contribution in [-0.2, 0) is 27.5 Å². The minimum absolute atomic E-state index is 0. The molecule has 1 fully saturated rings. The molecule has 4 rings (SSSR count). The average molecular weight is 535 g/mol. The van der Waals surface area contributed by atoms with Crippen LogP contribution in [0.1, 0.15) is 48.8 Å². The van der Waals surface area contributed by atoms with Gasteiger partial charge in [-0.2, -0.15) is 0 Å². The molecule has 2 aliphatic rings. The maximum atomic E-state index is 13.0. The van der Waals surface area contributed by atoms with Crippen LogP contribution in [0, 0.1) is 11.7 Å². The third kappa shape index (κ3) is 8.15. The maximum absolute atomic E-state index is 13.0. The van der Waals surface area contributed by atoms with E-state index in [1.165, 1.54) is 35.6 Å². The first-order chi connectivity index (χ1) is 16.8. The molecule has 0 radical (unpaired) electrons. The van der Waals surface area contributed by atoms with Crippen molar-refractivity contribution < 1.29 is 17.6 Å². The van der Waals surface area contributed by atoms with Gasteiger partial charge in [-0.05, 0) is 104 Å². The number of nitrogens with one attached hydrogen (secondary N) is 1. The van der Waals surface area contributed by atoms with E-state index in [1.807, 2.05) is 12.1 Å². The summed E-state index contributed by atoms with van der Waals surface area (Å²) in [6.07, 6.45) is 11.8. The second-order valence-electron chi connectivity index (χ2n) is 9.94. The van der Waals surface area contributed by atoms with E-state index >= 15 is 0 Å². The van der Waals surface area contributed by atoms with Crippen molar-refractivity contribution in [3.8, 4) is 0 Å². The predicted molar refractivity (Wildman–Crippen MR) is 145 cm³/mol. The van der Waals surface area contributed by atoms with Gasteiger partial charge in [0.2, 0.25) is 5.91 Å². The van der Waals surface area contributed by atoms with Crippen molar-refractivity contribution in [2.45, 2.75) is 55.9 Å². The second-order valence-corrected chi connectivity index (χ2v) is 12.0. The van der Waals surface area contributed by atoms with Crippen molar-refractivity contribution in [3.05, 3.63) is 71.0 Å². The molecule has 36 heavy (non-hydrogen) atoms. The molecule has 2 aromatic rings. The van der Waals surface area contributed by atoms with E-state index in [2.05, 4.69) is 10.2 Å². The van der Waals surface area contributed by atoms with Gasteiger partial charge in [-0.1, -0.05) is 18.2 Å². The van der Waals surface area contributed by atoms with Crippen LogP contribution < -0.4 is 5.32 Å². The minimum atomic E-state index is -3.17. The Labute approximate surface area is 220 Å². The van der Waals surface area contributed by atoms with Crippen molar-refractivity contribution in [1.82, 2.24) is 10.2 Å². The van der Waals surface area contributed by atoms with Gasteiger partial charge in [0, 0.05) is 31.5 Å². The van der Waals surface area contributed by atoms with Crippen molar-refractivity contribution in [3.63, 3.8) is 0 Å². The van der Waals surface area contributed by atoms with E-state index < -0.39 is 9.84 Å². The summed E-state index contributed by atoms with van der Waals surface area (Å²) < 4.78 is 36.7. The Kier molecular flexibility index (Phi) is 10.1. The molecule has 0 spiro atoms. The number of halogens is 2. The van der Waals surface area contributed by atoms with Crippen LogP contribution in [0.4, 0.5) is 4.39 Å². The standard InChI is InChI=1S/C28H35FN2O3S.ClH/c1-35(33,34)27-12-7-23-15-18-31(19-16-24(23)20-27)17-14-22-4-10-26(11-5-22)30-28(32)13-6-21-2-8-25(29)9-3-21;/h2-3,6-9,12-13,20,22,26H,4-5,10-11,14-19H2,1H3,(H,30,32);1H/b13-6+;. The van der Waals surface area contributed by atoms with Crippen LogP contribution in [0.15, 0.2) is 53.4 Å². The zero-order chi connectivity index (χ0) is 24.8. The van der Waals surface area contributed by atoms with E-state index in [1.54, 1.807) is 24.3 Å². The number of nitrogens with zero attached hydrogens (tertiary/aromatic N) is 1. The molecule has 1 heterocycles. The van der Waals surface area contributed by atoms with Gasteiger partial charge in [0.05, 0.1) is 4.90 Å². The Bertz CT molecular complexity index is 1160. The number of benzene rings is 2. The molecule has 1 amide bonds. The normalized spacial score (nSPS) is 20.8. The van der Waals surface area contributed by atoms with Crippen LogP contribution in [0.2, 0.25) is 0 Å². The van der Waals surface area contributed by atoms with E-state index in [9.17, 15) is 17.6 Å². The third-order valence-corrected chi connectivity index (χ3v) is 8.45. The van der Waals surface area contributed by atoms with Gasteiger partial charge in [-0.3, -0.25) is 4.79 Å². The first-order valence-electron chi connectivity index (χ1n) is 12.5. The molecule has 1 aliphatic heterocycles. The first-order valence-corrected chi connectivity index (χ1v) is 14.4. The quantitative estimate of drug-likeness (QED) is 0.517. The highest BCUT2D eigenvalue weighted by molar-refractivity contribution is 7.90. The minimum Gasteiger partial charge on any atom is -0.350 e. The van der Waals surface area contributed by atoms with Gasteiger partial charge in [0.25, 0.3) is 0 Å². The molecule has 1 N–H and O–H groups in total. The summed E-state index contributed by atoms with van der Waals surface area (Å²) in [7, 11) is -3.17. The van der Waals surface area contributed by atoms with Crippen LogP contribution in [0.25, 0.3) is 6.08 Å². The number of hydrogen-bond acceptors (Lipinski definition) is 4.